The van der Waals surface area contributed by atoms with Crippen LogP contribution in [0.5, 0.6) is 5.75 Å². The van der Waals surface area contributed by atoms with Gasteiger partial charge in [0.2, 0.25) is 0 Å². The van der Waals surface area contributed by atoms with Crippen molar-refractivity contribution >= 4 is 40.6 Å². The Hall–Kier alpha value is -3.71. The maximum Gasteiger partial charge on any atom is 0.250 e. The largest absolute Gasteiger partial charge is 0.510 e. The monoisotopic (exact) mass is 596 g/mol. The summed E-state index contributed by atoms with van der Waals surface area (Å²) in [4.78, 5) is 31.1. The van der Waals surface area contributed by atoms with Crippen LogP contribution < -0.4 is 16.4 Å². The number of anilines is 2. The lowest BCUT2D eigenvalue weighted by Gasteiger charge is -2.54. The van der Waals surface area contributed by atoms with Crippen LogP contribution in [0.1, 0.15) is 23.5 Å². The number of amides is 1. The second-order valence-electron chi connectivity index (χ2n) is 11.6. The van der Waals surface area contributed by atoms with Gasteiger partial charge in [0.15, 0.2) is 11.4 Å². The van der Waals surface area contributed by atoms with Gasteiger partial charge in [-0.3, -0.25) is 14.5 Å². The normalized spacial score (nSPS) is 28.8. The van der Waals surface area contributed by atoms with Crippen molar-refractivity contribution in [2.75, 3.05) is 44.6 Å². The van der Waals surface area contributed by atoms with Gasteiger partial charge >= 0.3 is 0 Å². The van der Waals surface area contributed by atoms with Crippen molar-refractivity contribution in [3.63, 3.8) is 0 Å². The number of phenolic OH excluding ortho intramolecular Hbond substituents is 1. The molecule has 0 aromatic heterocycles. The lowest BCUT2D eigenvalue weighted by atomic mass is 9.54. The summed E-state index contributed by atoms with van der Waals surface area (Å²) in [5.41, 5.74) is 9.42. The molecule has 11 nitrogen and oxygen atoms in total. The van der Waals surface area contributed by atoms with Crippen LogP contribution in [0.2, 0.25) is 0 Å². The topological polar surface area (TPSA) is 194 Å². The van der Waals surface area contributed by atoms with Crippen LogP contribution in [0.4, 0.5) is 11.4 Å². The molecule has 0 radical (unpaired) electrons. The molecular weight excluding hydrogens is 560 g/mol. The number of carbonyl (C=O) groups is 2. The Labute approximate surface area is 247 Å². The fourth-order valence-electron chi connectivity index (χ4n) is 6.96. The van der Waals surface area contributed by atoms with E-state index in [4.69, 9.17) is 11.5 Å². The number of benzene rings is 2. The Morgan fingerprint density at radius 3 is 2.33 bits per heavy atom. The van der Waals surface area contributed by atoms with E-state index in [0.29, 0.717) is 17.0 Å². The Morgan fingerprint density at radius 2 is 1.76 bits per heavy atom. The average Bonchev–Trinajstić information content (AvgIpc) is 2.92. The van der Waals surface area contributed by atoms with Crippen molar-refractivity contribution in [3.05, 3.63) is 64.4 Å². The van der Waals surface area contributed by atoms with Crippen LogP contribution in [-0.2, 0) is 9.59 Å². The van der Waals surface area contributed by atoms with Crippen LogP contribution in [0.3, 0.4) is 0 Å². The summed E-state index contributed by atoms with van der Waals surface area (Å²) in [5.74, 6) is -5.46. The molecule has 9 N–H and O–H groups in total. The molecule has 12 heteroatoms. The zero-order valence-corrected chi connectivity index (χ0v) is 24.6. The molecule has 3 aliphatic carbocycles. The number of aromatic hydroxyl groups is 1. The highest BCUT2D eigenvalue weighted by Gasteiger charge is 2.65. The SMILES string of the molecule is CN(C)c1cc(N)c(O)c2c1[C@H](CSc1ccccc1)[C@H]1C[C@H]3[C@H](N(C)C)C(O)=C(C(N)=O)C(O)[C@@]3(O)C(=O)C1=C2O. The Balaban J connectivity index is 1.77. The summed E-state index contributed by atoms with van der Waals surface area (Å²) in [6, 6.07) is 10.2. The summed E-state index contributed by atoms with van der Waals surface area (Å²) in [7, 11) is 6.86. The van der Waals surface area contributed by atoms with Crippen molar-refractivity contribution in [2.45, 2.75) is 35.0 Å². The standard InChI is InChI=1S/C30H36N4O7S/c1-33(2)18-11-17(31)24(35)21-19(18)15(12-42-13-8-6-5-7-9-13)14-10-16-23(34(3)4)26(37)22(29(32)40)28(39)30(16,41)27(38)20(14)25(21)36/h5-9,11,14-16,23,28,35-37,39,41H,10,12,31H2,1-4H3,(H2,32,40)/t14-,15-,16+,23+,28?,30+/m1/s1. The van der Waals surface area contributed by atoms with E-state index in [9.17, 15) is 35.1 Å². The van der Waals surface area contributed by atoms with Gasteiger partial charge in [-0.15, -0.1) is 11.8 Å². The number of likely N-dealkylation sites (N-methyl/N-ethyl adjacent to an activating group) is 1. The molecule has 224 valence electrons. The molecular formula is C30H36N4O7S. The van der Waals surface area contributed by atoms with Gasteiger partial charge in [0.1, 0.15) is 23.4 Å². The van der Waals surface area contributed by atoms with E-state index in [2.05, 4.69) is 0 Å². The number of carbonyl (C=O) groups excluding carboxylic acids is 2. The molecule has 0 saturated heterocycles. The second kappa shape index (κ2) is 10.5. The third-order valence-corrected chi connectivity index (χ3v) is 9.98. The van der Waals surface area contributed by atoms with E-state index in [1.54, 1.807) is 25.1 Å². The number of aliphatic hydroxyl groups excluding tert-OH is 3. The molecule has 2 aromatic carbocycles. The van der Waals surface area contributed by atoms with Gasteiger partial charge < -0.3 is 41.9 Å². The molecule has 6 atom stereocenters. The zero-order chi connectivity index (χ0) is 30.8. The first kappa shape index (κ1) is 29.8. The van der Waals surface area contributed by atoms with E-state index < -0.39 is 70.0 Å². The minimum Gasteiger partial charge on any atom is -0.510 e. The van der Waals surface area contributed by atoms with Crippen LogP contribution >= 0.6 is 11.8 Å². The highest BCUT2D eigenvalue weighted by Crippen LogP contribution is 2.59. The maximum atomic E-state index is 14.4. The van der Waals surface area contributed by atoms with Crippen molar-refractivity contribution in [1.29, 1.82) is 0 Å². The van der Waals surface area contributed by atoms with Gasteiger partial charge in [0.05, 0.1) is 22.9 Å². The van der Waals surface area contributed by atoms with Gasteiger partial charge in [-0.25, -0.2) is 0 Å². The molecule has 0 bridgehead atoms. The molecule has 1 unspecified atom stereocenters. The summed E-state index contributed by atoms with van der Waals surface area (Å²) in [5, 5.41) is 57.2. The predicted molar refractivity (Wildman–Crippen MR) is 160 cm³/mol. The molecule has 3 aliphatic rings. The molecule has 1 fully saturated rings. The molecule has 0 spiro atoms. The Kier molecular flexibility index (Phi) is 7.46. The number of hydrogen-bond acceptors (Lipinski definition) is 11. The highest BCUT2D eigenvalue weighted by atomic mass is 32.2. The van der Waals surface area contributed by atoms with Crippen LogP contribution in [0, 0.1) is 11.8 Å². The van der Waals surface area contributed by atoms with Crippen LogP contribution in [0.25, 0.3) is 5.76 Å². The van der Waals surface area contributed by atoms with E-state index in [-0.39, 0.29) is 23.2 Å². The number of nitrogens with two attached hydrogens (primary N) is 2. The van der Waals surface area contributed by atoms with Crippen molar-refractivity contribution < 1.29 is 35.1 Å². The summed E-state index contributed by atoms with van der Waals surface area (Å²) in [6.07, 6.45) is -2.09. The second-order valence-corrected chi connectivity index (χ2v) is 12.7. The number of rotatable bonds is 6. The maximum absolute atomic E-state index is 14.4. The fraction of sp³-hybridized carbons (Fsp3) is 0.400. The number of aliphatic hydroxyl groups is 4. The number of thioether (sulfide) groups is 1. The van der Waals surface area contributed by atoms with E-state index in [1.165, 1.54) is 11.8 Å². The smallest absolute Gasteiger partial charge is 0.250 e. The van der Waals surface area contributed by atoms with Crippen molar-refractivity contribution in [3.8, 4) is 5.75 Å². The zero-order valence-electron chi connectivity index (χ0n) is 23.8. The first-order valence-electron chi connectivity index (χ1n) is 13.5. The van der Waals surface area contributed by atoms with Crippen LogP contribution in [-0.4, -0.2) is 93.8 Å². The van der Waals surface area contributed by atoms with Gasteiger partial charge in [0.25, 0.3) is 5.91 Å². The summed E-state index contributed by atoms with van der Waals surface area (Å²) >= 11 is 1.53. The quantitative estimate of drug-likeness (QED) is 0.146. The lowest BCUT2D eigenvalue weighted by Crippen LogP contribution is -2.69. The number of ketones is 1. The summed E-state index contributed by atoms with van der Waals surface area (Å²) < 4.78 is 0. The van der Waals surface area contributed by atoms with E-state index >= 15 is 0 Å². The highest BCUT2D eigenvalue weighted by molar-refractivity contribution is 7.99. The molecule has 2 aromatic rings. The first-order chi connectivity index (χ1) is 19.7. The number of nitrogens with zero attached hydrogens (tertiary/aromatic N) is 2. The number of primary amides is 1. The number of nitrogen functional groups attached to an aromatic ring is 1. The molecule has 0 heterocycles. The van der Waals surface area contributed by atoms with E-state index in [0.717, 1.165) is 4.90 Å². The van der Waals surface area contributed by atoms with Gasteiger partial charge in [0, 0.05) is 47.8 Å². The molecule has 1 saturated carbocycles. The van der Waals surface area contributed by atoms with Crippen LogP contribution in [0.15, 0.2) is 58.2 Å². The molecule has 1 amide bonds. The fourth-order valence-corrected chi connectivity index (χ4v) is 8.08. The summed E-state index contributed by atoms with van der Waals surface area (Å²) in [6.45, 7) is 0. The van der Waals surface area contributed by atoms with Gasteiger partial charge in [-0.05, 0) is 50.2 Å². The first-order valence-corrected chi connectivity index (χ1v) is 14.5. The predicted octanol–water partition coefficient (Wildman–Crippen LogP) is 1.74. The average molecular weight is 597 g/mol. The van der Waals surface area contributed by atoms with Gasteiger partial charge in [-0.2, -0.15) is 0 Å². The number of fused-ring (bicyclic) bond motifs is 3. The Bertz CT molecular complexity index is 1520. The third kappa shape index (κ3) is 4.24. The molecule has 42 heavy (non-hydrogen) atoms. The lowest BCUT2D eigenvalue weighted by molar-refractivity contribution is -0.171. The molecule has 0 aliphatic heterocycles. The molecule has 5 rings (SSSR count). The van der Waals surface area contributed by atoms with Gasteiger partial charge in [-0.1, -0.05) is 18.2 Å². The minimum atomic E-state index is -2.60. The third-order valence-electron chi connectivity index (χ3n) is 8.85. The Morgan fingerprint density at radius 1 is 1.12 bits per heavy atom. The van der Waals surface area contributed by atoms with E-state index in [1.807, 2.05) is 49.3 Å². The number of Topliss-reactive ketones (excluding diaryl/α,β-unsaturated/α-hetero) is 1. The number of phenols is 1. The minimum absolute atomic E-state index is 0.00778. The van der Waals surface area contributed by atoms with Crippen molar-refractivity contribution in [1.82, 2.24) is 4.90 Å². The number of hydrogen-bond donors (Lipinski definition) is 7. The van der Waals surface area contributed by atoms with Crippen molar-refractivity contribution in [2.24, 2.45) is 17.6 Å².